The molecule has 0 amide bonds. The third-order valence-corrected chi connectivity index (χ3v) is 2.47. The molecular weight excluding hydrogens is 216 g/mol. The van der Waals surface area contributed by atoms with Gasteiger partial charge in [-0.25, -0.2) is 0 Å². The van der Waals surface area contributed by atoms with Crippen molar-refractivity contribution in [2.75, 3.05) is 7.11 Å². The summed E-state index contributed by atoms with van der Waals surface area (Å²) in [5.41, 5.74) is 2.14. The van der Waals surface area contributed by atoms with Crippen molar-refractivity contribution in [3.63, 3.8) is 0 Å². The van der Waals surface area contributed by atoms with E-state index in [1.54, 1.807) is 12.1 Å². The van der Waals surface area contributed by atoms with Crippen LogP contribution in [0.3, 0.4) is 0 Å². The Balaban J connectivity index is 2.93. The second-order valence-electron chi connectivity index (χ2n) is 4.22. The number of ether oxygens (including phenoxy) is 1. The first-order valence-electron chi connectivity index (χ1n) is 5.53. The average Bonchev–Trinajstić information content (AvgIpc) is 2.28. The minimum atomic E-state index is -0.236. The number of allylic oxidation sites excluding steroid dienone is 2. The second-order valence-corrected chi connectivity index (χ2v) is 4.22. The predicted octanol–water partition coefficient (Wildman–Crippen LogP) is 3.01. The zero-order valence-electron chi connectivity index (χ0n) is 10.4. The Bertz CT molecular complexity index is 400. The number of carbonyl (C=O) groups excluding carboxylic acids is 1. The fourth-order valence-electron chi connectivity index (χ4n) is 1.66. The van der Waals surface area contributed by atoms with Crippen LogP contribution in [-0.4, -0.2) is 18.2 Å². The summed E-state index contributed by atoms with van der Waals surface area (Å²) < 4.78 is 4.69. The van der Waals surface area contributed by atoms with Gasteiger partial charge in [-0.1, -0.05) is 23.8 Å². The molecule has 1 aromatic rings. The van der Waals surface area contributed by atoms with E-state index in [4.69, 9.17) is 0 Å². The molecule has 1 atom stereocenters. The molecule has 0 aliphatic carbocycles. The minimum Gasteiger partial charge on any atom is -0.508 e. The summed E-state index contributed by atoms with van der Waals surface area (Å²) in [5, 5.41) is 9.24. The highest BCUT2D eigenvalue weighted by molar-refractivity contribution is 5.70. The molecule has 0 heterocycles. The number of hydrogen-bond acceptors (Lipinski definition) is 3. The number of hydrogen-bond donors (Lipinski definition) is 1. The van der Waals surface area contributed by atoms with Crippen molar-refractivity contribution in [1.29, 1.82) is 0 Å². The lowest BCUT2D eigenvalue weighted by Gasteiger charge is -2.13. The van der Waals surface area contributed by atoms with Crippen LogP contribution in [0.5, 0.6) is 5.75 Å². The molecule has 0 bridgehead atoms. The van der Waals surface area contributed by atoms with Gasteiger partial charge in [0.25, 0.3) is 0 Å². The number of rotatable bonds is 4. The van der Waals surface area contributed by atoms with Crippen LogP contribution in [0, 0.1) is 0 Å². The number of aromatic hydroxyl groups is 1. The Kier molecular flexibility index (Phi) is 4.76. The minimum absolute atomic E-state index is 0.00644. The molecule has 1 unspecified atom stereocenters. The monoisotopic (exact) mass is 234 g/mol. The van der Waals surface area contributed by atoms with Gasteiger partial charge in [0.15, 0.2) is 0 Å². The maximum atomic E-state index is 11.3. The number of methoxy groups -OCH3 is 1. The molecule has 3 heteroatoms. The molecule has 0 aromatic heterocycles. The standard InChI is InChI=1S/C14H18O3/c1-10(2)8-12(9-14(16)17-3)11-4-6-13(15)7-5-11/h4-8,12,15H,9H2,1-3H3. The first kappa shape index (κ1) is 13.3. The van der Waals surface area contributed by atoms with Gasteiger partial charge in [-0.15, -0.1) is 0 Å². The fraction of sp³-hybridized carbons (Fsp3) is 0.357. The Morgan fingerprint density at radius 2 is 1.94 bits per heavy atom. The zero-order valence-corrected chi connectivity index (χ0v) is 10.4. The normalized spacial score (nSPS) is 11.7. The molecule has 0 fully saturated rings. The van der Waals surface area contributed by atoms with E-state index in [0.717, 1.165) is 11.1 Å². The van der Waals surface area contributed by atoms with E-state index < -0.39 is 0 Å². The lowest BCUT2D eigenvalue weighted by atomic mass is 9.94. The van der Waals surface area contributed by atoms with E-state index >= 15 is 0 Å². The third-order valence-electron chi connectivity index (χ3n) is 2.47. The van der Waals surface area contributed by atoms with Crippen LogP contribution in [0.2, 0.25) is 0 Å². The van der Waals surface area contributed by atoms with Gasteiger partial charge >= 0.3 is 5.97 Å². The van der Waals surface area contributed by atoms with Crippen LogP contribution in [0.25, 0.3) is 0 Å². The summed E-state index contributed by atoms with van der Waals surface area (Å²) in [6.07, 6.45) is 2.34. The van der Waals surface area contributed by atoms with Gasteiger partial charge in [0, 0.05) is 5.92 Å². The topological polar surface area (TPSA) is 46.5 Å². The maximum Gasteiger partial charge on any atom is 0.306 e. The SMILES string of the molecule is COC(=O)CC(C=C(C)C)c1ccc(O)cc1. The average molecular weight is 234 g/mol. The van der Waals surface area contributed by atoms with Crippen molar-refractivity contribution in [3.05, 3.63) is 41.5 Å². The first-order valence-corrected chi connectivity index (χ1v) is 5.53. The van der Waals surface area contributed by atoms with Crippen LogP contribution in [0.15, 0.2) is 35.9 Å². The second kappa shape index (κ2) is 6.09. The molecule has 0 saturated carbocycles. The lowest BCUT2D eigenvalue weighted by molar-refractivity contribution is -0.140. The van der Waals surface area contributed by atoms with Gasteiger partial charge in [-0.2, -0.15) is 0 Å². The number of benzene rings is 1. The number of esters is 1. The largest absolute Gasteiger partial charge is 0.508 e. The van der Waals surface area contributed by atoms with E-state index in [2.05, 4.69) is 4.74 Å². The highest BCUT2D eigenvalue weighted by Crippen LogP contribution is 2.24. The molecule has 0 radical (unpaired) electrons. The molecule has 17 heavy (non-hydrogen) atoms. The van der Waals surface area contributed by atoms with Crippen molar-refractivity contribution in [3.8, 4) is 5.75 Å². The van der Waals surface area contributed by atoms with Crippen LogP contribution in [-0.2, 0) is 9.53 Å². The van der Waals surface area contributed by atoms with Crippen molar-refractivity contribution in [1.82, 2.24) is 0 Å². The van der Waals surface area contributed by atoms with Crippen molar-refractivity contribution in [2.45, 2.75) is 26.2 Å². The smallest absolute Gasteiger partial charge is 0.306 e. The summed E-state index contributed by atoms with van der Waals surface area (Å²) >= 11 is 0. The van der Waals surface area contributed by atoms with Gasteiger partial charge in [0.1, 0.15) is 5.75 Å². The van der Waals surface area contributed by atoms with Crippen LogP contribution in [0.1, 0.15) is 31.7 Å². The van der Waals surface area contributed by atoms with Crippen LogP contribution < -0.4 is 0 Å². The number of phenolic OH excluding ortho intramolecular Hbond substituents is 1. The highest BCUT2D eigenvalue weighted by Gasteiger charge is 2.14. The van der Waals surface area contributed by atoms with E-state index in [1.165, 1.54) is 7.11 Å². The van der Waals surface area contributed by atoms with Crippen LogP contribution in [0.4, 0.5) is 0 Å². The van der Waals surface area contributed by atoms with Crippen molar-refractivity contribution in [2.24, 2.45) is 0 Å². The van der Waals surface area contributed by atoms with Crippen LogP contribution >= 0.6 is 0 Å². The Labute approximate surface area is 102 Å². The predicted molar refractivity (Wildman–Crippen MR) is 66.9 cm³/mol. The third kappa shape index (κ3) is 4.31. The molecule has 92 valence electrons. The molecule has 1 N–H and O–H groups in total. The zero-order chi connectivity index (χ0) is 12.8. The van der Waals surface area contributed by atoms with Gasteiger partial charge in [-0.3, -0.25) is 4.79 Å². The summed E-state index contributed by atoms with van der Waals surface area (Å²) in [7, 11) is 1.39. The molecule has 0 aliphatic heterocycles. The Hall–Kier alpha value is -1.77. The van der Waals surface area contributed by atoms with Gasteiger partial charge in [0.05, 0.1) is 13.5 Å². The molecule has 0 aliphatic rings. The molecular formula is C14H18O3. The quantitative estimate of drug-likeness (QED) is 0.643. The van der Waals surface area contributed by atoms with Gasteiger partial charge in [-0.05, 0) is 31.5 Å². The van der Waals surface area contributed by atoms with E-state index in [1.807, 2.05) is 32.1 Å². The molecule has 1 aromatic carbocycles. The molecule has 3 nitrogen and oxygen atoms in total. The fourth-order valence-corrected chi connectivity index (χ4v) is 1.66. The molecule has 0 spiro atoms. The number of carbonyl (C=O) groups is 1. The Morgan fingerprint density at radius 3 is 2.41 bits per heavy atom. The van der Waals surface area contributed by atoms with E-state index in [-0.39, 0.29) is 17.6 Å². The summed E-state index contributed by atoms with van der Waals surface area (Å²) in [6.45, 7) is 3.98. The molecule has 1 rings (SSSR count). The van der Waals surface area contributed by atoms with Gasteiger partial charge in [0.2, 0.25) is 0 Å². The van der Waals surface area contributed by atoms with E-state index in [0.29, 0.717) is 6.42 Å². The maximum absolute atomic E-state index is 11.3. The molecule has 0 saturated heterocycles. The lowest BCUT2D eigenvalue weighted by Crippen LogP contribution is -2.07. The summed E-state index contributed by atoms with van der Waals surface area (Å²) in [5.74, 6) is -0.0172. The van der Waals surface area contributed by atoms with Crippen molar-refractivity contribution < 1.29 is 14.6 Å². The number of phenols is 1. The van der Waals surface area contributed by atoms with Gasteiger partial charge < -0.3 is 9.84 Å². The highest BCUT2D eigenvalue weighted by atomic mass is 16.5. The van der Waals surface area contributed by atoms with E-state index in [9.17, 15) is 9.90 Å². The Morgan fingerprint density at radius 1 is 1.35 bits per heavy atom. The summed E-state index contributed by atoms with van der Waals surface area (Å²) in [6, 6.07) is 6.89. The van der Waals surface area contributed by atoms with Crippen molar-refractivity contribution >= 4 is 5.97 Å². The first-order chi connectivity index (χ1) is 8.02. The summed E-state index contributed by atoms with van der Waals surface area (Å²) in [4.78, 5) is 11.3.